The van der Waals surface area contributed by atoms with Crippen LogP contribution in [0, 0.1) is 5.41 Å². The third kappa shape index (κ3) is 2.63. The maximum absolute atomic E-state index is 9.38. The molecule has 0 aromatic carbocycles. The lowest BCUT2D eigenvalue weighted by atomic mass is 9.93. The Morgan fingerprint density at radius 1 is 1.47 bits per heavy atom. The fourth-order valence-electron chi connectivity index (χ4n) is 2.33. The van der Waals surface area contributed by atoms with Crippen LogP contribution >= 0.6 is 11.3 Å². The van der Waals surface area contributed by atoms with Crippen LogP contribution in [0.2, 0.25) is 0 Å². The van der Waals surface area contributed by atoms with Crippen molar-refractivity contribution in [3.63, 3.8) is 0 Å². The van der Waals surface area contributed by atoms with E-state index in [9.17, 15) is 5.11 Å². The molecule has 2 heterocycles. The molecule has 0 aliphatic carbocycles. The minimum Gasteiger partial charge on any atom is -0.391 e. The third-order valence-corrected chi connectivity index (χ3v) is 4.47. The summed E-state index contributed by atoms with van der Waals surface area (Å²) < 4.78 is 0. The van der Waals surface area contributed by atoms with Gasteiger partial charge in [-0.1, -0.05) is 39.0 Å². The van der Waals surface area contributed by atoms with E-state index in [0.717, 1.165) is 28.8 Å². The first-order chi connectivity index (χ1) is 7.93. The van der Waals surface area contributed by atoms with Crippen LogP contribution in [0.25, 0.3) is 0 Å². The lowest BCUT2D eigenvalue weighted by Crippen LogP contribution is -2.22. The summed E-state index contributed by atoms with van der Waals surface area (Å²) in [4.78, 5) is 8.10. The number of nitrogens with zero attached hydrogens (tertiary/aromatic N) is 2. The monoisotopic (exact) mass is 254 g/mol. The van der Waals surface area contributed by atoms with Crippen molar-refractivity contribution in [2.75, 3.05) is 18.0 Å². The van der Waals surface area contributed by atoms with E-state index < -0.39 is 0 Å². The smallest absolute Gasteiger partial charge is 0.185 e. The van der Waals surface area contributed by atoms with Crippen LogP contribution in [0.15, 0.2) is 0 Å². The minimum absolute atomic E-state index is 0.114. The van der Waals surface area contributed by atoms with E-state index in [1.807, 2.05) is 0 Å². The van der Waals surface area contributed by atoms with E-state index in [1.54, 1.807) is 11.3 Å². The highest BCUT2D eigenvalue weighted by molar-refractivity contribution is 7.15. The predicted octanol–water partition coefficient (Wildman–Crippen LogP) is 3.00. The molecule has 0 atom stereocenters. The SMILES string of the molecule is CC(C)c1nc(N2CCC(C)(C)C2)sc1CO. The van der Waals surface area contributed by atoms with Crippen LogP contribution in [-0.2, 0) is 6.61 Å². The average molecular weight is 254 g/mol. The van der Waals surface area contributed by atoms with Gasteiger partial charge in [0.05, 0.1) is 17.2 Å². The van der Waals surface area contributed by atoms with Gasteiger partial charge in [-0.05, 0) is 17.8 Å². The number of anilines is 1. The quantitative estimate of drug-likeness (QED) is 0.901. The number of aromatic nitrogens is 1. The van der Waals surface area contributed by atoms with E-state index in [-0.39, 0.29) is 6.61 Å². The van der Waals surface area contributed by atoms with Crippen molar-refractivity contribution in [3.05, 3.63) is 10.6 Å². The topological polar surface area (TPSA) is 36.4 Å². The Labute approximate surface area is 107 Å². The molecule has 4 heteroatoms. The molecule has 1 aliphatic heterocycles. The first-order valence-corrected chi connectivity index (χ1v) is 7.10. The van der Waals surface area contributed by atoms with Crippen LogP contribution in [-0.4, -0.2) is 23.2 Å². The Bertz CT molecular complexity index is 398. The van der Waals surface area contributed by atoms with Gasteiger partial charge in [0.1, 0.15) is 0 Å². The first kappa shape index (κ1) is 12.8. The van der Waals surface area contributed by atoms with Crippen LogP contribution in [0.5, 0.6) is 0 Å². The van der Waals surface area contributed by atoms with Gasteiger partial charge in [-0.25, -0.2) is 4.98 Å². The molecule has 0 amide bonds. The van der Waals surface area contributed by atoms with E-state index in [0.29, 0.717) is 11.3 Å². The number of hydrogen-bond acceptors (Lipinski definition) is 4. The van der Waals surface area contributed by atoms with Crippen LogP contribution in [0.4, 0.5) is 5.13 Å². The molecule has 1 aromatic rings. The lowest BCUT2D eigenvalue weighted by molar-refractivity contribution is 0.283. The van der Waals surface area contributed by atoms with Crippen molar-refractivity contribution in [1.29, 1.82) is 0 Å². The van der Waals surface area contributed by atoms with Crippen LogP contribution in [0.3, 0.4) is 0 Å². The second-order valence-corrected chi connectivity index (χ2v) is 7.02. The third-order valence-electron chi connectivity index (χ3n) is 3.35. The van der Waals surface area contributed by atoms with Gasteiger partial charge in [0.15, 0.2) is 5.13 Å². The summed E-state index contributed by atoms with van der Waals surface area (Å²) in [5.74, 6) is 0.387. The number of aliphatic hydroxyl groups is 1. The van der Waals surface area contributed by atoms with Gasteiger partial charge in [-0.3, -0.25) is 0 Å². The summed E-state index contributed by atoms with van der Waals surface area (Å²) in [6.07, 6.45) is 1.22. The Kier molecular flexibility index (Phi) is 3.46. The van der Waals surface area contributed by atoms with Gasteiger partial charge in [0.25, 0.3) is 0 Å². The van der Waals surface area contributed by atoms with Gasteiger partial charge in [-0.15, -0.1) is 0 Å². The summed E-state index contributed by atoms with van der Waals surface area (Å²) in [5, 5.41) is 10.5. The standard InChI is InChI=1S/C13H22N2OS/c1-9(2)11-10(7-16)17-12(14-11)15-6-5-13(3,4)8-15/h9,16H,5-8H2,1-4H3. The molecule has 2 rings (SSSR count). The molecule has 1 N–H and O–H groups in total. The van der Waals surface area contributed by atoms with Crippen molar-refractivity contribution >= 4 is 16.5 Å². The molecule has 3 nitrogen and oxygen atoms in total. The minimum atomic E-state index is 0.114. The van der Waals surface area contributed by atoms with Gasteiger partial charge >= 0.3 is 0 Å². The highest BCUT2D eigenvalue weighted by Gasteiger charge is 2.31. The molecule has 1 aliphatic rings. The first-order valence-electron chi connectivity index (χ1n) is 6.28. The fraction of sp³-hybridized carbons (Fsp3) is 0.769. The van der Waals surface area contributed by atoms with Gasteiger partial charge in [0.2, 0.25) is 0 Å². The number of rotatable bonds is 3. The second-order valence-electron chi connectivity index (χ2n) is 5.95. The Hall–Kier alpha value is -0.610. The molecular formula is C13H22N2OS. The maximum atomic E-state index is 9.38. The van der Waals surface area contributed by atoms with Crippen LogP contribution in [0.1, 0.15) is 50.6 Å². The molecular weight excluding hydrogens is 232 g/mol. The molecule has 0 bridgehead atoms. The summed E-state index contributed by atoms with van der Waals surface area (Å²) in [6, 6.07) is 0. The summed E-state index contributed by atoms with van der Waals surface area (Å²) >= 11 is 1.65. The van der Waals surface area contributed by atoms with E-state index in [2.05, 4.69) is 32.6 Å². The van der Waals surface area contributed by atoms with Gasteiger partial charge < -0.3 is 10.0 Å². The van der Waals surface area contributed by atoms with Crippen molar-refractivity contribution in [2.45, 2.75) is 46.6 Å². The largest absolute Gasteiger partial charge is 0.391 e. The van der Waals surface area contributed by atoms with Gasteiger partial charge in [-0.2, -0.15) is 0 Å². The molecule has 17 heavy (non-hydrogen) atoms. The number of aliphatic hydroxyl groups excluding tert-OH is 1. The van der Waals surface area contributed by atoms with Crippen LogP contribution < -0.4 is 4.90 Å². The normalized spacial score (nSPS) is 19.3. The zero-order chi connectivity index (χ0) is 12.6. The molecule has 0 spiro atoms. The molecule has 96 valence electrons. The Morgan fingerprint density at radius 2 is 2.18 bits per heavy atom. The highest BCUT2D eigenvalue weighted by atomic mass is 32.1. The number of thiazole rings is 1. The summed E-state index contributed by atoms with van der Waals surface area (Å²) in [5.41, 5.74) is 1.46. The summed E-state index contributed by atoms with van der Waals surface area (Å²) in [6.45, 7) is 11.1. The maximum Gasteiger partial charge on any atom is 0.185 e. The zero-order valence-electron chi connectivity index (χ0n) is 11.2. The summed E-state index contributed by atoms with van der Waals surface area (Å²) in [7, 11) is 0. The Balaban J connectivity index is 2.23. The Morgan fingerprint density at radius 3 is 2.59 bits per heavy atom. The van der Waals surface area contributed by atoms with E-state index in [1.165, 1.54) is 6.42 Å². The molecule has 0 saturated carbocycles. The van der Waals surface area contributed by atoms with E-state index >= 15 is 0 Å². The van der Waals surface area contributed by atoms with Crippen molar-refractivity contribution in [2.24, 2.45) is 5.41 Å². The van der Waals surface area contributed by atoms with Crippen molar-refractivity contribution in [1.82, 2.24) is 4.98 Å². The lowest BCUT2D eigenvalue weighted by Gasteiger charge is -2.18. The predicted molar refractivity (Wildman–Crippen MR) is 72.7 cm³/mol. The highest BCUT2D eigenvalue weighted by Crippen LogP contribution is 2.37. The average Bonchev–Trinajstić information content (AvgIpc) is 2.80. The van der Waals surface area contributed by atoms with E-state index in [4.69, 9.17) is 4.98 Å². The molecule has 0 radical (unpaired) electrons. The molecule has 1 fully saturated rings. The van der Waals surface area contributed by atoms with Gasteiger partial charge in [0, 0.05) is 13.1 Å². The van der Waals surface area contributed by atoms with Crippen molar-refractivity contribution in [3.8, 4) is 0 Å². The molecule has 0 unspecified atom stereocenters. The second kappa shape index (κ2) is 4.58. The molecule has 1 saturated heterocycles. The fourth-order valence-corrected chi connectivity index (χ4v) is 3.43. The number of hydrogen-bond donors (Lipinski definition) is 1. The molecule has 1 aromatic heterocycles. The van der Waals surface area contributed by atoms with Crippen molar-refractivity contribution < 1.29 is 5.11 Å². The zero-order valence-corrected chi connectivity index (χ0v) is 12.0.